The van der Waals surface area contributed by atoms with E-state index in [9.17, 15) is 21.6 Å². The predicted molar refractivity (Wildman–Crippen MR) is 59.2 cm³/mol. The lowest BCUT2D eigenvalue weighted by Crippen LogP contribution is -2.11. The molecule has 0 fully saturated rings. The van der Waals surface area contributed by atoms with Crippen molar-refractivity contribution in [2.24, 2.45) is 0 Å². The fourth-order valence-corrected chi connectivity index (χ4v) is 2.90. The molecule has 0 amide bonds. The van der Waals surface area contributed by atoms with Crippen molar-refractivity contribution >= 4 is 9.84 Å². The van der Waals surface area contributed by atoms with Gasteiger partial charge in [-0.15, -0.1) is 0 Å². The second kappa shape index (κ2) is 4.96. The average molecular weight is 288 g/mol. The summed E-state index contributed by atoms with van der Waals surface area (Å²) in [6.45, 7) is 0. The maximum atomic E-state index is 13.4. The normalized spacial score (nSPS) is 11.5. The van der Waals surface area contributed by atoms with Gasteiger partial charge >= 0.3 is 0 Å². The van der Waals surface area contributed by atoms with Crippen LogP contribution in [0, 0.1) is 17.5 Å². The van der Waals surface area contributed by atoms with Crippen molar-refractivity contribution < 1.29 is 21.6 Å². The van der Waals surface area contributed by atoms with Gasteiger partial charge in [-0.25, -0.2) is 21.6 Å². The Labute approximate surface area is 106 Å². The highest BCUT2D eigenvalue weighted by Gasteiger charge is 2.26. The third-order valence-corrected chi connectivity index (χ3v) is 3.93. The highest BCUT2D eigenvalue weighted by Crippen LogP contribution is 2.23. The van der Waals surface area contributed by atoms with Crippen LogP contribution in [0.3, 0.4) is 0 Å². The van der Waals surface area contributed by atoms with Crippen LogP contribution in [-0.4, -0.2) is 18.6 Å². The molecule has 0 radical (unpaired) electrons. The van der Waals surface area contributed by atoms with Crippen LogP contribution in [0.15, 0.2) is 35.4 Å². The van der Waals surface area contributed by atoms with Gasteiger partial charge in [-0.1, -0.05) is 0 Å². The summed E-state index contributed by atoms with van der Waals surface area (Å²) in [5, 5.41) is 6.98. The van der Waals surface area contributed by atoms with Crippen LogP contribution in [0.25, 0.3) is 0 Å². The van der Waals surface area contributed by atoms with Crippen molar-refractivity contribution in [2.45, 2.75) is 10.6 Å². The molecule has 100 valence electrons. The summed E-state index contributed by atoms with van der Waals surface area (Å²) in [5.74, 6) is -4.85. The monoisotopic (exact) mass is 288 g/mol. The number of rotatable bonds is 3. The van der Waals surface area contributed by atoms with Crippen LogP contribution >= 0.6 is 0 Å². The maximum Gasteiger partial charge on any atom is 0.189 e. The average Bonchev–Trinajstić information content (AvgIpc) is 2.27. The van der Waals surface area contributed by atoms with E-state index in [0.29, 0.717) is 12.1 Å². The number of hydrogen-bond acceptors (Lipinski definition) is 4. The zero-order valence-electron chi connectivity index (χ0n) is 9.35. The van der Waals surface area contributed by atoms with E-state index in [1.54, 1.807) is 0 Å². The molecular formula is C11H7F3N2O2S. The van der Waals surface area contributed by atoms with E-state index in [-0.39, 0.29) is 5.69 Å². The molecule has 1 aromatic carbocycles. The minimum Gasteiger partial charge on any atom is -0.223 e. The van der Waals surface area contributed by atoms with Gasteiger partial charge in [0.1, 0.15) is 22.3 Å². The molecule has 0 bridgehead atoms. The molecule has 0 spiro atoms. The van der Waals surface area contributed by atoms with Crippen LogP contribution in [0.4, 0.5) is 13.2 Å². The van der Waals surface area contributed by atoms with Crippen molar-refractivity contribution in [3.63, 3.8) is 0 Å². The quantitative estimate of drug-likeness (QED) is 0.809. The van der Waals surface area contributed by atoms with Crippen LogP contribution < -0.4 is 0 Å². The van der Waals surface area contributed by atoms with Gasteiger partial charge in [0, 0.05) is 18.3 Å². The summed E-state index contributed by atoms with van der Waals surface area (Å²) in [6, 6.07) is 3.42. The van der Waals surface area contributed by atoms with E-state index in [0.717, 1.165) is 0 Å². The van der Waals surface area contributed by atoms with Gasteiger partial charge in [0.15, 0.2) is 9.84 Å². The Bertz CT molecular complexity index is 682. The molecule has 1 aromatic heterocycles. The van der Waals surface area contributed by atoms with Gasteiger partial charge in [-0.05, 0) is 12.1 Å². The predicted octanol–water partition coefficient (Wildman–Crippen LogP) is 1.87. The Morgan fingerprint density at radius 1 is 1.11 bits per heavy atom. The molecule has 1 heterocycles. The van der Waals surface area contributed by atoms with Crippen LogP contribution in [0.1, 0.15) is 5.69 Å². The Kier molecular flexibility index (Phi) is 3.52. The molecule has 4 nitrogen and oxygen atoms in total. The third kappa shape index (κ3) is 2.90. The second-order valence-electron chi connectivity index (χ2n) is 3.67. The third-order valence-electron chi connectivity index (χ3n) is 2.24. The van der Waals surface area contributed by atoms with Gasteiger partial charge in [-0.2, -0.15) is 10.2 Å². The Balaban J connectivity index is 2.46. The second-order valence-corrected chi connectivity index (χ2v) is 5.60. The Morgan fingerprint density at radius 2 is 1.74 bits per heavy atom. The molecule has 0 aliphatic heterocycles. The minimum atomic E-state index is -4.31. The number of halogens is 3. The van der Waals surface area contributed by atoms with Crippen LogP contribution in [0.5, 0.6) is 0 Å². The Morgan fingerprint density at radius 3 is 2.26 bits per heavy atom. The van der Waals surface area contributed by atoms with E-state index in [4.69, 9.17) is 0 Å². The number of nitrogens with zero attached hydrogens (tertiary/aromatic N) is 2. The van der Waals surface area contributed by atoms with E-state index in [2.05, 4.69) is 10.2 Å². The lowest BCUT2D eigenvalue weighted by molar-refractivity contribution is 0.497. The van der Waals surface area contributed by atoms with Crippen molar-refractivity contribution in [1.82, 2.24) is 10.2 Å². The smallest absolute Gasteiger partial charge is 0.189 e. The zero-order valence-corrected chi connectivity index (χ0v) is 10.2. The van der Waals surface area contributed by atoms with Crippen molar-refractivity contribution in [2.75, 3.05) is 0 Å². The van der Waals surface area contributed by atoms with Gasteiger partial charge in [-0.3, -0.25) is 0 Å². The van der Waals surface area contributed by atoms with Gasteiger partial charge < -0.3 is 0 Å². The van der Waals surface area contributed by atoms with Gasteiger partial charge in [0.05, 0.1) is 11.4 Å². The number of aromatic nitrogens is 2. The molecule has 0 aliphatic rings. The first kappa shape index (κ1) is 13.5. The summed E-state index contributed by atoms with van der Waals surface area (Å²) >= 11 is 0. The molecule has 2 rings (SSSR count). The fraction of sp³-hybridized carbons (Fsp3) is 0.0909. The fourth-order valence-electron chi connectivity index (χ4n) is 1.50. The summed E-state index contributed by atoms with van der Waals surface area (Å²) < 4.78 is 63.3. The zero-order chi connectivity index (χ0) is 14.0. The van der Waals surface area contributed by atoms with Crippen LogP contribution in [-0.2, 0) is 15.6 Å². The lowest BCUT2D eigenvalue weighted by atomic mass is 10.3. The first-order valence-corrected chi connectivity index (χ1v) is 6.69. The molecular weight excluding hydrogens is 281 g/mol. The first-order chi connectivity index (χ1) is 8.90. The molecule has 0 unspecified atom stereocenters. The van der Waals surface area contributed by atoms with Gasteiger partial charge in [0.25, 0.3) is 0 Å². The molecule has 8 heteroatoms. The van der Waals surface area contributed by atoms with Crippen LogP contribution in [0.2, 0.25) is 0 Å². The molecule has 2 aromatic rings. The van der Waals surface area contributed by atoms with E-state index in [1.165, 1.54) is 18.3 Å². The summed E-state index contributed by atoms with van der Waals surface area (Å²) in [4.78, 5) is -1.17. The molecule has 0 saturated heterocycles. The number of hydrogen-bond donors (Lipinski definition) is 0. The topological polar surface area (TPSA) is 59.9 Å². The molecule has 0 aliphatic carbocycles. The molecule has 0 N–H and O–H groups in total. The van der Waals surface area contributed by atoms with E-state index < -0.39 is 37.9 Å². The van der Waals surface area contributed by atoms with Crippen molar-refractivity contribution in [1.29, 1.82) is 0 Å². The maximum absolute atomic E-state index is 13.4. The standard InChI is InChI=1S/C11H7F3N2O2S/c12-7-4-9(13)11(10(14)5-7)19(17,18)6-8-2-1-3-15-16-8/h1-5H,6H2. The lowest BCUT2D eigenvalue weighted by Gasteiger charge is -2.06. The summed E-state index contributed by atoms with van der Waals surface area (Å²) in [6.07, 6.45) is 1.33. The Hall–Kier alpha value is -1.96. The highest BCUT2D eigenvalue weighted by atomic mass is 32.2. The molecule has 0 saturated carbocycles. The number of benzene rings is 1. The number of sulfone groups is 1. The highest BCUT2D eigenvalue weighted by molar-refractivity contribution is 7.90. The van der Waals surface area contributed by atoms with E-state index in [1.807, 2.05) is 0 Å². The van der Waals surface area contributed by atoms with Gasteiger partial charge in [0.2, 0.25) is 0 Å². The largest absolute Gasteiger partial charge is 0.223 e. The van der Waals surface area contributed by atoms with E-state index >= 15 is 0 Å². The van der Waals surface area contributed by atoms with Crippen molar-refractivity contribution in [3.05, 3.63) is 53.6 Å². The summed E-state index contributed by atoms with van der Waals surface area (Å²) in [7, 11) is -4.31. The first-order valence-electron chi connectivity index (χ1n) is 5.04. The van der Waals surface area contributed by atoms with Crippen molar-refractivity contribution in [3.8, 4) is 0 Å². The minimum absolute atomic E-state index is 0.0330. The molecule has 19 heavy (non-hydrogen) atoms. The molecule has 0 atom stereocenters. The summed E-state index contributed by atoms with van der Waals surface area (Å²) in [5.41, 5.74) is 0.0330. The SMILES string of the molecule is O=S(=O)(Cc1cccnn1)c1c(F)cc(F)cc1F.